The summed E-state index contributed by atoms with van der Waals surface area (Å²) in [4.78, 5) is 27.1. The lowest BCUT2D eigenvalue weighted by Gasteiger charge is -2.29. The van der Waals surface area contributed by atoms with Crippen molar-refractivity contribution in [1.82, 2.24) is 9.80 Å². The lowest BCUT2D eigenvalue weighted by atomic mass is 10.2. The number of hydrogen-bond acceptors (Lipinski definition) is 3. The molecule has 0 aromatic rings. The van der Waals surface area contributed by atoms with Crippen LogP contribution in [0.15, 0.2) is 0 Å². The van der Waals surface area contributed by atoms with Crippen molar-refractivity contribution >= 4 is 11.8 Å². The summed E-state index contributed by atoms with van der Waals surface area (Å²) in [7, 11) is 0. The number of ether oxygens (including phenoxy) is 1. The van der Waals surface area contributed by atoms with E-state index in [-0.39, 0.29) is 5.91 Å². The molecule has 0 saturated carbocycles. The van der Waals surface area contributed by atoms with Crippen LogP contribution in [0.5, 0.6) is 0 Å². The Morgan fingerprint density at radius 3 is 2.43 bits per heavy atom. The van der Waals surface area contributed by atoms with Crippen molar-refractivity contribution in [3.05, 3.63) is 0 Å². The van der Waals surface area contributed by atoms with Crippen LogP contribution in [0.25, 0.3) is 0 Å². The van der Waals surface area contributed by atoms with Gasteiger partial charge in [0.15, 0.2) is 0 Å². The quantitative estimate of drug-likeness (QED) is 0.745. The van der Waals surface area contributed by atoms with Gasteiger partial charge in [0.25, 0.3) is 0 Å². The van der Waals surface area contributed by atoms with Crippen molar-refractivity contribution < 1.29 is 27.5 Å². The van der Waals surface area contributed by atoms with E-state index in [0.29, 0.717) is 32.5 Å². The number of likely N-dealkylation sites (N-methyl/N-ethyl adjacent to an activating group) is 1. The zero-order chi connectivity index (χ0) is 16.0. The highest BCUT2D eigenvalue weighted by Crippen LogP contribution is 2.20. The molecule has 1 fully saturated rings. The molecule has 1 heterocycles. The molecule has 8 heteroatoms. The third-order valence-electron chi connectivity index (χ3n) is 3.42. The van der Waals surface area contributed by atoms with Crippen LogP contribution in [0.4, 0.5) is 13.2 Å². The highest BCUT2D eigenvalue weighted by atomic mass is 19.4. The van der Waals surface area contributed by atoms with Gasteiger partial charge in [-0.3, -0.25) is 9.59 Å². The Balaban J connectivity index is 2.56. The molecular formula is C13H21F3N2O3. The molecule has 1 saturated heterocycles. The van der Waals surface area contributed by atoms with Crippen LogP contribution in [0.2, 0.25) is 0 Å². The van der Waals surface area contributed by atoms with E-state index < -0.39 is 31.3 Å². The molecule has 0 aromatic heterocycles. The summed E-state index contributed by atoms with van der Waals surface area (Å²) < 4.78 is 40.3. The average Bonchev–Trinajstić information content (AvgIpc) is 2.87. The van der Waals surface area contributed by atoms with Gasteiger partial charge in [0, 0.05) is 19.6 Å². The minimum Gasteiger partial charge on any atom is -0.362 e. The maximum Gasteiger partial charge on any atom is 0.411 e. The van der Waals surface area contributed by atoms with Gasteiger partial charge in [0.05, 0.1) is 0 Å². The molecule has 5 nitrogen and oxygen atoms in total. The second kappa shape index (κ2) is 7.63. The number of alkyl halides is 3. The Kier molecular flexibility index (Phi) is 6.44. The molecule has 0 aromatic carbocycles. The van der Waals surface area contributed by atoms with E-state index in [0.717, 1.165) is 0 Å². The molecular weight excluding hydrogens is 289 g/mol. The van der Waals surface area contributed by atoms with Gasteiger partial charge in [-0.05, 0) is 26.7 Å². The Morgan fingerprint density at radius 2 is 1.90 bits per heavy atom. The first-order chi connectivity index (χ1) is 9.80. The Bertz CT molecular complexity index is 370. The molecule has 1 aliphatic heterocycles. The predicted octanol–water partition coefficient (Wildman–Crippen LogP) is 1.42. The van der Waals surface area contributed by atoms with Crippen molar-refractivity contribution in [2.45, 2.75) is 38.9 Å². The number of amides is 2. The summed E-state index contributed by atoms with van der Waals surface area (Å²) in [6, 6.07) is -0.577. The molecule has 0 N–H and O–H groups in total. The molecule has 1 atom stereocenters. The highest BCUT2D eigenvalue weighted by Gasteiger charge is 2.36. The zero-order valence-electron chi connectivity index (χ0n) is 12.3. The first kappa shape index (κ1) is 17.7. The van der Waals surface area contributed by atoms with E-state index in [9.17, 15) is 22.8 Å². The fourth-order valence-electron chi connectivity index (χ4n) is 2.40. The van der Waals surface area contributed by atoms with E-state index in [1.54, 1.807) is 4.90 Å². The normalized spacial score (nSPS) is 18.9. The average molecular weight is 310 g/mol. The van der Waals surface area contributed by atoms with Gasteiger partial charge in [-0.1, -0.05) is 0 Å². The number of nitrogens with zero attached hydrogens (tertiary/aromatic N) is 2. The second-order valence-corrected chi connectivity index (χ2v) is 4.86. The topological polar surface area (TPSA) is 49.9 Å². The number of likely N-dealkylation sites (tertiary alicyclic amines) is 1. The molecule has 2 amide bonds. The minimum atomic E-state index is -4.46. The zero-order valence-corrected chi connectivity index (χ0v) is 12.3. The molecule has 21 heavy (non-hydrogen) atoms. The molecule has 0 spiro atoms. The molecule has 122 valence electrons. The van der Waals surface area contributed by atoms with Gasteiger partial charge in [0.2, 0.25) is 11.8 Å². The molecule has 0 bridgehead atoms. The fraction of sp³-hybridized carbons (Fsp3) is 0.846. The summed E-state index contributed by atoms with van der Waals surface area (Å²) in [6.45, 7) is 3.04. The van der Waals surface area contributed by atoms with Crippen molar-refractivity contribution in [2.75, 3.05) is 32.8 Å². The van der Waals surface area contributed by atoms with E-state index >= 15 is 0 Å². The summed E-state index contributed by atoms with van der Waals surface area (Å²) in [5.41, 5.74) is 0. The predicted molar refractivity (Wildman–Crippen MR) is 69.5 cm³/mol. The highest BCUT2D eigenvalue weighted by molar-refractivity contribution is 5.88. The summed E-state index contributed by atoms with van der Waals surface area (Å²) >= 11 is 0. The summed E-state index contributed by atoms with van der Waals surface area (Å²) in [6.07, 6.45) is -3.25. The second-order valence-electron chi connectivity index (χ2n) is 4.86. The van der Waals surface area contributed by atoms with E-state index in [1.807, 2.05) is 13.8 Å². The smallest absolute Gasteiger partial charge is 0.362 e. The van der Waals surface area contributed by atoms with Crippen molar-refractivity contribution in [3.63, 3.8) is 0 Å². The maximum absolute atomic E-state index is 12.3. The Morgan fingerprint density at radius 1 is 1.29 bits per heavy atom. The molecule has 0 radical (unpaired) electrons. The lowest BCUT2D eigenvalue weighted by Crippen LogP contribution is -2.48. The third-order valence-corrected chi connectivity index (χ3v) is 3.42. The van der Waals surface area contributed by atoms with Gasteiger partial charge in [-0.25, -0.2) is 0 Å². The van der Waals surface area contributed by atoms with Crippen molar-refractivity contribution in [2.24, 2.45) is 0 Å². The van der Waals surface area contributed by atoms with Gasteiger partial charge >= 0.3 is 6.18 Å². The van der Waals surface area contributed by atoms with Crippen LogP contribution in [-0.2, 0) is 14.3 Å². The standard InChI is InChI=1S/C13H21F3N2O3/c1-3-17(4-2)12(20)10-6-5-7-18(10)11(19)8-21-9-13(14,15)16/h10H,3-9H2,1-2H3. The molecule has 0 aliphatic carbocycles. The first-order valence-electron chi connectivity index (χ1n) is 7.02. The number of carbonyl (C=O) groups excluding carboxylic acids is 2. The van der Waals surface area contributed by atoms with Gasteiger partial charge in [-0.2, -0.15) is 13.2 Å². The van der Waals surface area contributed by atoms with Crippen LogP contribution in [0.1, 0.15) is 26.7 Å². The van der Waals surface area contributed by atoms with Crippen LogP contribution in [0, 0.1) is 0 Å². The van der Waals surface area contributed by atoms with Gasteiger partial charge < -0.3 is 14.5 Å². The Labute approximate surface area is 122 Å². The Hall–Kier alpha value is -1.31. The SMILES string of the molecule is CCN(CC)C(=O)C1CCCN1C(=O)COCC(F)(F)F. The molecule has 1 unspecified atom stereocenters. The van der Waals surface area contributed by atoms with Crippen molar-refractivity contribution in [3.8, 4) is 0 Å². The molecule has 1 aliphatic rings. The number of carbonyl (C=O) groups is 2. The van der Waals surface area contributed by atoms with Crippen LogP contribution in [0.3, 0.4) is 0 Å². The lowest BCUT2D eigenvalue weighted by molar-refractivity contribution is -0.178. The third kappa shape index (κ3) is 5.18. The van der Waals surface area contributed by atoms with Crippen LogP contribution in [-0.4, -0.2) is 66.7 Å². The van der Waals surface area contributed by atoms with Crippen LogP contribution >= 0.6 is 0 Å². The van der Waals surface area contributed by atoms with E-state index in [4.69, 9.17) is 0 Å². The number of hydrogen-bond donors (Lipinski definition) is 0. The maximum atomic E-state index is 12.3. The van der Waals surface area contributed by atoms with Crippen molar-refractivity contribution in [1.29, 1.82) is 0 Å². The monoisotopic (exact) mass is 310 g/mol. The van der Waals surface area contributed by atoms with Gasteiger partial charge in [0.1, 0.15) is 19.3 Å². The van der Waals surface area contributed by atoms with Crippen LogP contribution < -0.4 is 0 Å². The largest absolute Gasteiger partial charge is 0.411 e. The number of rotatable bonds is 6. The fourth-order valence-corrected chi connectivity index (χ4v) is 2.40. The van der Waals surface area contributed by atoms with E-state index in [2.05, 4.69) is 4.74 Å². The molecule has 1 rings (SSSR count). The first-order valence-corrected chi connectivity index (χ1v) is 7.02. The van der Waals surface area contributed by atoms with Gasteiger partial charge in [-0.15, -0.1) is 0 Å². The number of halogens is 3. The summed E-state index contributed by atoms with van der Waals surface area (Å²) in [5.74, 6) is -0.719. The van der Waals surface area contributed by atoms with E-state index in [1.165, 1.54) is 4.90 Å². The summed E-state index contributed by atoms with van der Waals surface area (Å²) in [5, 5.41) is 0. The minimum absolute atomic E-state index is 0.151.